The summed E-state index contributed by atoms with van der Waals surface area (Å²) in [6.07, 6.45) is 0. The van der Waals surface area contributed by atoms with Crippen molar-refractivity contribution in [1.82, 2.24) is 15.1 Å². The number of anilines is 1. The fourth-order valence-electron chi connectivity index (χ4n) is 3.13. The first-order chi connectivity index (χ1) is 16.1. The van der Waals surface area contributed by atoms with E-state index in [2.05, 4.69) is 20.4 Å². The van der Waals surface area contributed by atoms with E-state index in [9.17, 15) is 4.79 Å². The summed E-state index contributed by atoms with van der Waals surface area (Å²) in [5.74, 6) is 2.85. The lowest BCUT2D eigenvalue weighted by molar-refractivity contribution is 0.102. The highest BCUT2D eigenvalue weighted by atomic mass is 32.2. The standard InChI is InChI=1S/C24H18N4O3S2/c1-15-25-22(31-28-15)14-32-20-10-6-5-9-18(20)23(29)27-24-26-19-12-11-17(13-21(19)33-24)30-16-7-3-2-4-8-16/h2-13H,14H2,1H3,(H,26,27,29). The van der Waals surface area contributed by atoms with Gasteiger partial charge < -0.3 is 9.26 Å². The molecule has 0 atom stereocenters. The van der Waals surface area contributed by atoms with Gasteiger partial charge in [-0.2, -0.15) is 4.98 Å². The van der Waals surface area contributed by atoms with E-state index >= 15 is 0 Å². The summed E-state index contributed by atoms with van der Waals surface area (Å²) in [7, 11) is 0. The van der Waals surface area contributed by atoms with Gasteiger partial charge in [0, 0.05) is 11.0 Å². The molecule has 5 rings (SSSR count). The third kappa shape index (κ3) is 5.05. The van der Waals surface area contributed by atoms with Crippen LogP contribution in [0.15, 0.2) is 82.2 Å². The van der Waals surface area contributed by atoms with E-state index in [1.54, 1.807) is 13.0 Å². The number of aromatic nitrogens is 3. The van der Waals surface area contributed by atoms with Crippen LogP contribution in [0.5, 0.6) is 11.5 Å². The van der Waals surface area contributed by atoms with Gasteiger partial charge in [0.25, 0.3) is 5.91 Å². The number of ether oxygens (including phenoxy) is 1. The van der Waals surface area contributed by atoms with Crippen molar-refractivity contribution in [2.24, 2.45) is 0 Å². The fraction of sp³-hybridized carbons (Fsp3) is 0.0833. The molecule has 0 fully saturated rings. The van der Waals surface area contributed by atoms with Crippen LogP contribution in [-0.4, -0.2) is 21.0 Å². The number of nitrogens with one attached hydrogen (secondary N) is 1. The molecule has 5 aromatic rings. The Morgan fingerprint density at radius 3 is 2.67 bits per heavy atom. The van der Waals surface area contributed by atoms with E-state index in [-0.39, 0.29) is 5.91 Å². The van der Waals surface area contributed by atoms with Crippen LogP contribution in [0.1, 0.15) is 22.1 Å². The number of benzene rings is 3. The second kappa shape index (κ2) is 9.43. The smallest absolute Gasteiger partial charge is 0.258 e. The van der Waals surface area contributed by atoms with Gasteiger partial charge in [-0.1, -0.05) is 46.8 Å². The van der Waals surface area contributed by atoms with Crippen molar-refractivity contribution in [2.45, 2.75) is 17.6 Å². The predicted octanol–water partition coefficient (Wildman–Crippen LogP) is 6.32. The van der Waals surface area contributed by atoms with Gasteiger partial charge in [0.15, 0.2) is 11.0 Å². The van der Waals surface area contributed by atoms with E-state index < -0.39 is 0 Å². The Labute approximate surface area is 197 Å². The monoisotopic (exact) mass is 474 g/mol. The summed E-state index contributed by atoms with van der Waals surface area (Å²) in [5, 5.41) is 7.25. The lowest BCUT2D eigenvalue weighted by Crippen LogP contribution is -2.12. The first-order valence-corrected chi connectivity index (χ1v) is 11.9. The average molecular weight is 475 g/mol. The summed E-state index contributed by atoms with van der Waals surface area (Å²) >= 11 is 2.87. The number of rotatable bonds is 7. The van der Waals surface area contributed by atoms with Crippen molar-refractivity contribution in [3.8, 4) is 11.5 Å². The number of amides is 1. The van der Waals surface area contributed by atoms with Crippen molar-refractivity contribution in [3.05, 3.63) is 90.1 Å². The van der Waals surface area contributed by atoms with Crippen molar-refractivity contribution in [2.75, 3.05) is 5.32 Å². The summed E-state index contributed by atoms with van der Waals surface area (Å²) in [6, 6.07) is 22.7. The number of hydrogen-bond acceptors (Lipinski definition) is 8. The van der Waals surface area contributed by atoms with E-state index in [4.69, 9.17) is 9.26 Å². The van der Waals surface area contributed by atoms with E-state index in [0.29, 0.717) is 33.9 Å². The lowest BCUT2D eigenvalue weighted by atomic mass is 10.2. The van der Waals surface area contributed by atoms with Crippen molar-refractivity contribution in [3.63, 3.8) is 0 Å². The molecule has 0 radical (unpaired) electrons. The molecule has 0 saturated carbocycles. The van der Waals surface area contributed by atoms with Gasteiger partial charge in [-0.3, -0.25) is 10.1 Å². The Morgan fingerprint density at radius 2 is 1.85 bits per heavy atom. The predicted molar refractivity (Wildman–Crippen MR) is 129 cm³/mol. The number of fused-ring (bicyclic) bond motifs is 1. The minimum atomic E-state index is -0.223. The molecule has 0 spiro atoms. The van der Waals surface area contributed by atoms with Crippen LogP contribution in [0.3, 0.4) is 0 Å². The molecular formula is C24H18N4O3S2. The molecule has 9 heteroatoms. The second-order valence-corrected chi connectivity index (χ2v) is 9.09. The van der Waals surface area contributed by atoms with Gasteiger partial charge in [0.2, 0.25) is 5.89 Å². The number of aryl methyl sites for hydroxylation is 1. The highest BCUT2D eigenvalue weighted by Gasteiger charge is 2.15. The number of para-hydroxylation sites is 1. The van der Waals surface area contributed by atoms with Crippen molar-refractivity contribution < 1.29 is 14.1 Å². The van der Waals surface area contributed by atoms with E-state index in [0.717, 1.165) is 20.9 Å². The fourth-order valence-corrected chi connectivity index (χ4v) is 4.91. The molecule has 0 saturated heterocycles. The van der Waals surface area contributed by atoms with Crippen molar-refractivity contribution >= 4 is 44.4 Å². The summed E-state index contributed by atoms with van der Waals surface area (Å²) in [5.41, 5.74) is 1.36. The number of nitrogens with zero attached hydrogens (tertiary/aromatic N) is 3. The highest BCUT2D eigenvalue weighted by Crippen LogP contribution is 2.32. The second-order valence-electron chi connectivity index (χ2n) is 7.04. The van der Waals surface area contributed by atoms with Crippen LogP contribution in [0, 0.1) is 6.92 Å². The maximum absolute atomic E-state index is 13.0. The summed E-state index contributed by atoms with van der Waals surface area (Å²) in [4.78, 5) is 22.6. The molecule has 0 aliphatic rings. The van der Waals surface area contributed by atoms with Crippen LogP contribution in [-0.2, 0) is 5.75 Å². The van der Waals surface area contributed by atoms with Gasteiger partial charge in [0.1, 0.15) is 11.5 Å². The van der Waals surface area contributed by atoms with Gasteiger partial charge in [-0.05, 0) is 43.3 Å². The van der Waals surface area contributed by atoms with Crippen LogP contribution in [0.25, 0.3) is 10.2 Å². The van der Waals surface area contributed by atoms with Crippen LogP contribution < -0.4 is 10.1 Å². The lowest BCUT2D eigenvalue weighted by Gasteiger charge is -2.07. The Hall–Kier alpha value is -3.69. The first kappa shape index (κ1) is 21.2. The molecule has 0 bridgehead atoms. The summed E-state index contributed by atoms with van der Waals surface area (Å²) < 4.78 is 12.0. The topological polar surface area (TPSA) is 90.1 Å². The van der Waals surface area contributed by atoms with E-state index in [1.807, 2.05) is 66.7 Å². The minimum absolute atomic E-state index is 0.223. The molecule has 2 heterocycles. The average Bonchev–Trinajstić information content (AvgIpc) is 3.43. The number of thioether (sulfide) groups is 1. The number of carbonyl (C=O) groups excluding carboxylic acids is 1. The maximum Gasteiger partial charge on any atom is 0.258 e. The molecule has 2 aromatic heterocycles. The molecule has 0 aliphatic carbocycles. The molecule has 33 heavy (non-hydrogen) atoms. The molecular weight excluding hydrogens is 456 g/mol. The Bertz CT molecular complexity index is 1420. The molecule has 1 N–H and O–H groups in total. The molecule has 0 unspecified atom stereocenters. The zero-order valence-corrected chi connectivity index (χ0v) is 19.2. The molecule has 7 nitrogen and oxygen atoms in total. The molecule has 1 amide bonds. The Balaban J connectivity index is 1.31. The first-order valence-electron chi connectivity index (χ1n) is 10.1. The quantitative estimate of drug-likeness (QED) is 0.276. The van der Waals surface area contributed by atoms with E-state index in [1.165, 1.54) is 23.1 Å². The molecule has 0 aliphatic heterocycles. The summed E-state index contributed by atoms with van der Waals surface area (Å²) in [6.45, 7) is 1.77. The van der Waals surface area contributed by atoms with Crippen LogP contribution in [0.4, 0.5) is 5.13 Å². The highest BCUT2D eigenvalue weighted by molar-refractivity contribution is 7.98. The molecule has 164 valence electrons. The third-order valence-corrected chi connectivity index (χ3v) is 6.60. The third-order valence-electron chi connectivity index (χ3n) is 4.61. The number of thiazole rings is 1. The largest absolute Gasteiger partial charge is 0.457 e. The number of carbonyl (C=O) groups is 1. The zero-order chi connectivity index (χ0) is 22.6. The normalized spacial score (nSPS) is 10.9. The van der Waals surface area contributed by atoms with Gasteiger partial charge in [-0.25, -0.2) is 4.98 Å². The Kier molecular flexibility index (Phi) is 6.05. The van der Waals surface area contributed by atoms with Crippen molar-refractivity contribution in [1.29, 1.82) is 0 Å². The van der Waals surface area contributed by atoms with Gasteiger partial charge in [0.05, 0.1) is 21.5 Å². The van der Waals surface area contributed by atoms with Gasteiger partial charge in [-0.15, -0.1) is 11.8 Å². The Morgan fingerprint density at radius 1 is 1.03 bits per heavy atom. The van der Waals surface area contributed by atoms with Gasteiger partial charge >= 0.3 is 0 Å². The number of hydrogen-bond donors (Lipinski definition) is 1. The molecule has 3 aromatic carbocycles. The zero-order valence-electron chi connectivity index (χ0n) is 17.5. The minimum Gasteiger partial charge on any atom is -0.457 e. The van der Waals surface area contributed by atoms with Crippen LogP contribution >= 0.6 is 23.1 Å². The maximum atomic E-state index is 13.0. The van der Waals surface area contributed by atoms with Crippen LogP contribution in [0.2, 0.25) is 0 Å². The SMILES string of the molecule is Cc1noc(CSc2ccccc2C(=O)Nc2nc3ccc(Oc4ccccc4)cc3s2)n1.